The van der Waals surface area contributed by atoms with Gasteiger partial charge in [-0.1, -0.05) is 11.6 Å². The molecule has 0 bridgehead atoms. The van der Waals surface area contributed by atoms with Crippen molar-refractivity contribution in [1.82, 2.24) is 0 Å². The van der Waals surface area contributed by atoms with Crippen LogP contribution in [0.1, 0.15) is 5.56 Å². The van der Waals surface area contributed by atoms with Gasteiger partial charge in [0.25, 0.3) is 0 Å². The molecule has 0 radical (unpaired) electrons. The van der Waals surface area contributed by atoms with Crippen LogP contribution in [-0.4, -0.2) is 25.2 Å². The normalized spacial score (nSPS) is 22.9. The van der Waals surface area contributed by atoms with E-state index < -0.39 is 34.6 Å². The molecule has 2 rings (SSSR count). The van der Waals surface area contributed by atoms with Crippen LogP contribution in [0.3, 0.4) is 0 Å². The van der Waals surface area contributed by atoms with Crippen LogP contribution in [0, 0.1) is 5.92 Å². The number of carbonyl (C=O) groups is 1. The number of hydrogen-bond donors (Lipinski definition) is 2. The number of carbonyl (C=O) groups excluding carboxylic acids is 1. The number of amides is 1. The van der Waals surface area contributed by atoms with Gasteiger partial charge in [0.1, 0.15) is 0 Å². The highest BCUT2D eigenvalue weighted by Crippen LogP contribution is 2.36. The Morgan fingerprint density at radius 2 is 2.10 bits per heavy atom. The quantitative estimate of drug-likeness (QED) is 0.881. The zero-order valence-electron chi connectivity index (χ0n) is 10.2. The van der Waals surface area contributed by atoms with Crippen LogP contribution >= 0.6 is 11.6 Å². The summed E-state index contributed by atoms with van der Waals surface area (Å²) in [6.07, 6.45) is -4.58. The van der Waals surface area contributed by atoms with Gasteiger partial charge in [-0.15, -0.1) is 0 Å². The molecular formula is C12H12ClF3N2O2. The minimum absolute atomic E-state index is 0.0193. The van der Waals surface area contributed by atoms with Crippen LogP contribution in [0.2, 0.25) is 5.02 Å². The van der Waals surface area contributed by atoms with Crippen molar-refractivity contribution in [2.75, 3.05) is 18.5 Å². The van der Waals surface area contributed by atoms with E-state index in [4.69, 9.17) is 22.1 Å². The Balaban J connectivity index is 2.16. The molecule has 4 nitrogen and oxygen atoms in total. The third-order valence-electron chi connectivity index (χ3n) is 3.00. The fourth-order valence-corrected chi connectivity index (χ4v) is 2.12. The number of halogens is 4. The van der Waals surface area contributed by atoms with E-state index in [0.29, 0.717) is 0 Å². The molecule has 8 heteroatoms. The second kappa shape index (κ2) is 5.59. The summed E-state index contributed by atoms with van der Waals surface area (Å²) in [7, 11) is 0. The highest BCUT2D eigenvalue weighted by molar-refractivity contribution is 6.31. The predicted molar refractivity (Wildman–Crippen MR) is 67.4 cm³/mol. The van der Waals surface area contributed by atoms with E-state index in [1.165, 1.54) is 6.07 Å². The molecule has 1 heterocycles. The van der Waals surface area contributed by atoms with Gasteiger partial charge in [0.2, 0.25) is 5.91 Å². The lowest BCUT2D eigenvalue weighted by Crippen LogP contribution is -2.37. The molecule has 0 saturated carbocycles. The Bertz CT molecular complexity index is 522. The molecule has 0 aliphatic carbocycles. The Morgan fingerprint density at radius 3 is 2.65 bits per heavy atom. The maximum absolute atomic E-state index is 12.7. The van der Waals surface area contributed by atoms with Crippen LogP contribution in [0.15, 0.2) is 18.2 Å². The molecule has 1 aromatic rings. The van der Waals surface area contributed by atoms with Crippen molar-refractivity contribution in [3.05, 3.63) is 28.8 Å². The fraction of sp³-hybridized carbons (Fsp3) is 0.417. The van der Waals surface area contributed by atoms with Crippen molar-refractivity contribution in [2.24, 2.45) is 11.7 Å². The van der Waals surface area contributed by atoms with Crippen molar-refractivity contribution in [2.45, 2.75) is 12.2 Å². The zero-order chi connectivity index (χ0) is 14.9. The lowest BCUT2D eigenvalue weighted by atomic mass is 10.0. The van der Waals surface area contributed by atoms with Crippen LogP contribution in [0.5, 0.6) is 0 Å². The molecule has 0 aromatic heterocycles. The first kappa shape index (κ1) is 15.1. The first-order valence-corrected chi connectivity index (χ1v) is 6.18. The largest absolute Gasteiger partial charge is 0.417 e. The number of anilines is 1. The maximum Gasteiger partial charge on any atom is 0.417 e. The number of nitrogens with one attached hydrogen (secondary N) is 1. The third-order valence-corrected chi connectivity index (χ3v) is 3.33. The lowest BCUT2D eigenvalue weighted by molar-refractivity contribution is -0.137. The van der Waals surface area contributed by atoms with Gasteiger partial charge in [0.15, 0.2) is 0 Å². The van der Waals surface area contributed by atoms with Gasteiger partial charge in [-0.25, -0.2) is 0 Å². The van der Waals surface area contributed by atoms with Crippen LogP contribution in [0.4, 0.5) is 18.9 Å². The molecule has 1 amide bonds. The van der Waals surface area contributed by atoms with Crippen molar-refractivity contribution in [3.63, 3.8) is 0 Å². The Morgan fingerprint density at radius 1 is 1.40 bits per heavy atom. The zero-order valence-corrected chi connectivity index (χ0v) is 11.0. The number of hydrogen-bond acceptors (Lipinski definition) is 3. The molecule has 1 saturated heterocycles. The van der Waals surface area contributed by atoms with Gasteiger partial charge in [-0.05, 0) is 18.2 Å². The smallest absolute Gasteiger partial charge is 0.379 e. The van der Waals surface area contributed by atoms with E-state index in [2.05, 4.69) is 5.32 Å². The SMILES string of the molecule is NC1COCC1C(=O)Nc1ccc(Cl)c(C(F)(F)F)c1. The summed E-state index contributed by atoms with van der Waals surface area (Å²) in [5.74, 6) is -1.04. The van der Waals surface area contributed by atoms with E-state index >= 15 is 0 Å². The summed E-state index contributed by atoms with van der Waals surface area (Å²) >= 11 is 5.49. The molecular weight excluding hydrogens is 297 g/mol. The molecule has 1 aromatic carbocycles. The first-order chi connectivity index (χ1) is 9.29. The van der Waals surface area contributed by atoms with E-state index in [9.17, 15) is 18.0 Å². The Kier molecular flexibility index (Phi) is 4.22. The summed E-state index contributed by atoms with van der Waals surface area (Å²) in [4.78, 5) is 11.9. The Hall–Kier alpha value is -1.31. The van der Waals surface area contributed by atoms with Gasteiger partial charge in [0.05, 0.1) is 29.7 Å². The second-order valence-electron chi connectivity index (χ2n) is 4.49. The number of ether oxygens (including phenoxy) is 1. The van der Waals surface area contributed by atoms with E-state index in [0.717, 1.165) is 12.1 Å². The summed E-state index contributed by atoms with van der Waals surface area (Å²) < 4.78 is 43.1. The molecule has 1 aliphatic heterocycles. The molecule has 1 aliphatic rings. The van der Waals surface area contributed by atoms with Crippen molar-refractivity contribution < 1.29 is 22.7 Å². The number of rotatable bonds is 2. The molecule has 2 unspecified atom stereocenters. The monoisotopic (exact) mass is 308 g/mol. The summed E-state index contributed by atoms with van der Waals surface area (Å²) in [5, 5.41) is 1.98. The van der Waals surface area contributed by atoms with E-state index in [1.807, 2.05) is 0 Å². The number of benzene rings is 1. The number of nitrogens with two attached hydrogens (primary N) is 1. The maximum atomic E-state index is 12.7. The topological polar surface area (TPSA) is 64.3 Å². The van der Waals surface area contributed by atoms with Gasteiger partial charge in [-0.3, -0.25) is 4.79 Å². The highest BCUT2D eigenvalue weighted by Gasteiger charge is 2.34. The van der Waals surface area contributed by atoms with E-state index in [1.54, 1.807) is 0 Å². The Labute approximate surface area is 118 Å². The van der Waals surface area contributed by atoms with Crippen molar-refractivity contribution in [3.8, 4) is 0 Å². The van der Waals surface area contributed by atoms with Gasteiger partial charge >= 0.3 is 6.18 Å². The van der Waals surface area contributed by atoms with Gasteiger partial charge < -0.3 is 15.8 Å². The molecule has 110 valence electrons. The summed E-state index contributed by atoms with van der Waals surface area (Å²) in [6, 6.07) is 2.73. The van der Waals surface area contributed by atoms with Gasteiger partial charge in [0, 0.05) is 11.7 Å². The summed E-state index contributed by atoms with van der Waals surface area (Å²) in [6.45, 7) is 0.416. The van der Waals surface area contributed by atoms with Gasteiger partial charge in [-0.2, -0.15) is 13.2 Å². The fourth-order valence-electron chi connectivity index (χ4n) is 1.90. The first-order valence-electron chi connectivity index (χ1n) is 5.80. The average Bonchev–Trinajstić information content (AvgIpc) is 2.76. The van der Waals surface area contributed by atoms with Crippen LogP contribution < -0.4 is 11.1 Å². The van der Waals surface area contributed by atoms with E-state index in [-0.39, 0.29) is 18.9 Å². The average molecular weight is 309 g/mol. The molecule has 20 heavy (non-hydrogen) atoms. The van der Waals surface area contributed by atoms with Crippen molar-refractivity contribution >= 4 is 23.2 Å². The van der Waals surface area contributed by atoms with Crippen LogP contribution in [0.25, 0.3) is 0 Å². The predicted octanol–water partition coefficient (Wildman–Crippen LogP) is 2.27. The summed E-state index contributed by atoms with van der Waals surface area (Å²) in [5.41, 5.74) is 4.69. The molecule has 1 fully saturated rings. The lowest BCUT2D eigenvalue weighted by Gasteiger charge is -2.15. The standard InChI is InChI=1S/C12H12ClF3N2O2/c13-9-2-1-6(3-8(9)12(14,15)16)18-11(19)7-4-20-5-10(7)17/h1-3,7,10H,4-5,17H2,(H,18,19). The highest BCUT2D eigenvalue weighted by atomic mass is 35.5. The minimum Gasteiger partial charge on any atom is -0.379 e. The van der Waals surface area contributed by atoms with Crippen molar-refractivity contribution in [1.29, 1.82) is 0 Å². The molecule has 2 atom stereocenters. The molecule has 0 spiro atoms. The minimum atomic E-state index is -4.58. The second-order valence-corrected chi connectivity index (χ2v) is 4.90. The molecule has 3 N–H and O–H groups in total. The number of alkyl halides is 3. The third kappa shape index (κ3) is 3.23. The van der Waals surface area contributed by atoms with Crippen LogP contribution in [-0.2, 0) is 15.7 Å².